The van der Waals surface area contributed by atoms with Crippen LogP contribution in [0.2, 0.25) is 0 Å². The second kappa shape index (κ2) is 5.20. The summed E-state index contributed by atoms with van der Waals surface area (Å²) in [5, 5.41) is 0. The summed E-state index contributed by atoms with van der Waals surface area (Å²) < 4.78 is 0. The number of hydrogen-bond donors (Lipinski definition) is 0. The summed E-state index contributed by atoms with van der Waals surface area (Å²) in [6.45, 7) is 3.53. The smallest absolute Gasteiger partial charge is 0.265 e. The molecular formula is C14H16N4OS. The van der Waals surface area contributed by atoms with E-state index in [-0.39, 0.29) is 11.9 Å². The maximum absolute atomic E-state index is 12.4. The van der Waals surface area contributed by atoms with Gasteiger partial charge in [0.05, 0.1) is 17.2 Å². The Balaban J connectivity index is 1.63. The molecule has 3 heterocycles. The molecule has 0 spiro atoms. The monoisotopic (exact) mass is 288 g/mol. The number of thiazole rings is 1. The van der Waals surface area contributed by atoms with E-state index in [1.807, 2.05) is 37.1 Å². The average molecular weight is 288 g/mol. The second-order valence-electron chi connectivity index (χ2n) is 4.93. The molecule has 20 heavy (non-hydrogen) atoms. The number of carbonyl (C=O) groups is 1. The number of amides is 1. The van der Waals surface area contributed by atoms with Crippen molar-refractivity contribution in [2.45, 2.75) is 13.0 Å². The van der Waals surface area contributed by atoms with E-state index in [0.717, 1.165) is 29.5 Å². The molecule has 0 aliphatic carbocycles. The summed E-state index contributed by atoms with van der Waals surface area (Å²) in [6.07, 6.45) is 1.79. The van der Waals surface area contributed by atoms with Gasteiger partial charge in [0.25, 0.3) is 5.91 Å². The van der Waals surface area contributed by atoms with Gasteiger partial charge in [-0.25, -0.2) is 9.97 Å². The number of aryl methyl sites for hydroxylation is 1. The number of rotatable bonds is 3. The summed E-state index contributed by atoms with van der Waals surface area (Å²) >= 11 is 1.41. The SMILES string of the molecule is Cc1ncsc1C(=O)N(C)C1CN(c2ccccn2)C1. The van der Waals surface area contributed by atoms with Gasteiger partial charge in [-0.15, -0.1) is 11.3 Å². The molecule has 5 nitrogen and oxygen atoms in total. The average Bonchev–Trinajstić information content (AvgIpc) is 2.83. The molecule has 1 fully saturated rings. The fourth-order valence-electron chi connectivity index (χ4n) is 2.26. The molecule has 1 aliphatic rings. The fourth-order valence-corrected chi connectivity index (χ4v) is 3.05. The van der Waals surface area contributed by atoms with E-state index in [9.17, 15) is 4.79 Å². The molecule has 1 amide bonds. The Labute approximate surface area is 121 Å². The number of hydrogen-bond acceptors (Lipinski definition) is 5. The maximum Gasteiger partial charge on any atom is 0.265 e. The molecular weight excluding hydrogens is 272 g/mol. The van der Waals surface area contributed by atoms with Crippen LogP contribution in [-0.2, 0) is 0 Å². The van der Waals surface area contributed by atoms with Crippen LogP contribution in [0.5, 0.6) is 0 Å². The van der Waals surface area contributed by atoms with Gasteiger partial charge in [0.15, 0.2) is 0 Å². The minimum Gasteiger partial charge on any atom is -0.352 e. The second-order valence-corrected chi connectivity index (χ2v) is 5.78. The van der Waals surface area contributed by atoms with E-state index < -0.39 is 0 Å². The summed E-state index contributed by atoms with van der Waals surface area (Å²) in [4.78, 5) is 25.6. The number of pyridine rings is 1. The first-order chi connectivity index (χ1) is 9.66. The number of carbonyl (C=O) groups excluding carboxylic acids is 1. The standard InChI is InChI=1S/C14H16N4OS/c1-10-13(20-9-16-10)14(19)17(2)11-7-18(8-11)12-5-3-4-6-15-12/h3-6,9,11H,7-8H2,1-2H3. The zero-order valence-corrected chi connectivity index (χ0v) is 12.3. The minimum absolute atomic E-state index is 0.0654. The van der Waals surface area contributed by atoms with Crippen LogP contribution in [0.15, 0.2) is 29.9 Å². The molecule has 0 radical (unpaired) electrons. The summed E-state index contributed by atoms with van der Waals surface area (Å²) in [6, 6.07) is 6.12. The Bertz CT molecular complexity index is 607. The Morgan fingerprint density at radius 3 is 2.80 bits per heavy atom. The van der Waals surface area contributed by atoms with Crippen molar-refractivity contribution < 1.29 is 4.79 Å². The van der Waals surface area contributed by atoms with Crippen LogP contribution in [0.3, 0.4) is 0 Å². The molecule has 104 valence electrons. The van der Waals surface area contributed by atoms with Crippen LogP contribution < -0.4 is 4.90 Å². The number of aromatic nitrogens is 2. The van der Waals surface area contributed by atoms with E-state index in [1.165, 1.54) is 11.3 Å². The topological polar surface area (TPSA) is 49.3 Å². The van der Waals surface area contributed by atoms with E-state index in [4.69, 9.17) is 0 Å². The Hall–Kier alpha value is -1.95. The number of likely N-dealkylation sites (N-methyl/N-ethyl adjacent to an activating group) is 1. The minimum atomic E-state index is 0.0654. The quantitative estimate of drug-likeness (QED) is 0.864. The first-order valence-corrected chi connectivity index (χ1v) is 7.38. The summed E-state index contributed by atoms with van der Waals surface area (Å²) in [5.41, 5.74) is 2.53. The highest BCUT2D eigenvalue weighted by molar-refractivity contribution is 7.11. The van der Waals surface area contributed by atoms with Gasteiger partial charge in [0.1, 0.15) is 10.7 Å². The van der Waals surface area contributed by atoms with Gasteiger partial charge in [0, 0.05) is 26.3 Å². The molecule has 0 aromatic carbocycles. The fraction of sp³-hybridized carbons (Fsp3) is 0.357. The van der Waals surface area contributed by atoms with Crippen LogP contribution in [-0.4, -0.2) is 47.0 Å². The van der Waals surface area contributed by atoms with E-state index in [1.54, 1.807) is 11.7 Å². The van der Waals surface area contributed by atoms with E-state index >= 15 is 0 Å². The van der Waals surface area contributed by atoms with Crippen molar-refractivity contribution in [1.29, 1.82) is 0 Å². The highest BCUT2D eigenvalue weighted by Gasteiger charge is 2.34. The lowest BCUT2D eigenvalue weighted by Gasteiger charge is -2.44. The van der Waals surface area contributed by atoms with Gasteiger partial charge in [-0.05, 0) is 19.1 Å². The number of nitrogens with zero attached hydrogens (tertiary/aromatic N) is 4. The molecule has 0 unspecified atom stereocenters. The lowest BCUT2D eigenvalue weighted by molar-refractivity contribution is 0.0709. The van der Waals surface area contributed by atoms with Gasteiger partial charge in [0.2, 0.25) is 0 Å². The van der Waals surface area contributed by atoms with Gasteiger partial charge < -0.3 is 9.80 Å². The van der Waals surface area contributed by atoms with Crippen molar-refractivity contribution in [3.63, 3.8) is 0 Å². The zero-order valence-electron chi connectivity index (χ0n) is 11.5. The third-order valence-electron chi connectivity index (χ3n) is 3.64. The largest absolute Gasteiger partial charge is 0.352 e. The Morgan fingerprint density at radius 2 is 2.20 bits per heavy atom. The summed E-state index contributed by atoms with van der Waals surface area (Å²) in [5.74, 6) is 1.04. The van der Waals surface area contributed by atoms with Crippen LogP contribution in [0.1, 0.15) is 15.4 Å². The molecule has 0 N–H and O–H groups in total. The van der Waals surface area contributed by atoms with Crippen molar-refractivity contribution >= 4 is 23.1 Å². The number of anilines is 1. The van der Waals surface area contributed by atoms with Crippen molar-refractivity contribution in [1.82, 2.24) is 14.9 Å². The first-order valence-electron chi connectivity index (χ1n) is 6.50. The maximum atomic E-state index is 12.4. The van der Waals surface area contributed by atoms with Crippen LogP contribution >= 0.6 is 11.3 Å². The highest BCUT2D eigenvalue weighted by atomic mass is 32.1. The molecule has 1 aliphatic heterocycles. The van der Waals surface area contributed by atoms with Crippen molar-refractivity contribution in [3.05, 3.63) is 40.5 Å². The van der Waals surface area contributed by atoms with Crippen molar-refractivity contribution in [2.75, 3.05) is 25.0 Å². The van der Waals surface area contributed by atoms with Crippen LogP contribution in [0.25, 0.3) is 0 Å². The third kappa shape index (κ3) is 2.27. The predicted molar refractivity (Wildman–Crippen MR) is 79.2 cm³/mol. The molecule has 0 saturated carbocycles. The molecule has 0 bridgehead atoms. The van der Waals surface area contributed by atoms with Crippen molar-refractivity contribution in [2.24, 2.45) is 0 Å². The van der Waals surface area contributed by atoms with Gasteiger partial charge in [-0.3, -0.25) is 4.79 Å². The zero-order chi connectivity index (χ0) is 14.1. The van der Waals surface area contributed by atoms with Crippen LogP contribution in [0, 0.1) is 6.92 Å². The molecule has 0 atom stereocenters. The highest BCUT2D eigenvalue weighted by Crippen LogP contribution is 2.23. The van der Waals surface area contributed by atoms with Crippen LogP contribution in [0.4, 0.5) is 5.82 Å². The summed E-state index contributed by atoms with van der Waals surface area (Å²) in [7, 11) is 1.86. The molecule has 6 heteroatoms. The lowest BCUT2D eigenvalue weighted by atomic mass is 10.1. The Kier molecular flexibility index (Phi) is 3.40. The Morgan fingerprint density at radius 1 is 1.40 bits per heavy atom. The predicted octanol–water partition coefficient (Wildman–Crippen LogP) is 1.81. The molecule has 1 saturated heterocycles. The van der Waals surface area contributed by atoms with E-state index in [2.05, 4.69) is 14.9 Å². The first kappa shape index (κ1) is 13.1. The van der Waals surface area contributed by atoms with Gasteiger partial charge in [-0.1, -0.05) is 6.07 Å². The third-order valence-corrected chi connectivity index (χ3v) is 4.56. The molecule has 2 aromatic rings. The van der Waals surface area contributed by atoms with Crippen molar-refractivity contribution in [3.8, 4) is 0 Å². The van der Waals surface area contributed by atoms with E-state index in [0.29, 0.717) is 0 Å². The van der Waals surface area contributed by atoms with Gasteiger partial charge in [-0.2, -0.15) is 0 Å². The molecule has 3 rings (SSSR count). The lowest BCUT2D eigenvalue weighted by Crippen LogP contribution is -2.60. The molecule has 2 aromatic heterocycles. The van der Waals surface area contributed by atoms with Gasteiger partial charge >= 0.3 is 0 Å². The normalized spacial score (nSPS) is 15.0.